The predicted octanol–water partition coefficient (Wildman–Crippen LogP) is 5.30. The van der Waals surface area contributed by atoms with E-state index in [1.54, 1.807) is 6.20 Å². The molecule has 0 radical (unpaired) electrons. The first kappa shape index (κ1) is 22.7. The molecule has 0 aliphatic carbocycles. The minimum absolute atomic E-state index is 0.706. The Labute approximate surface area is 205 Å². The van der Waals surface area contributed by atoms with Crippen LogP contribution < -0.4 is 0 Å². The van der Waals surface area contributed by atoms with Crippen molar-refractivity contribution in [2.24, 2.45) is 0 Å². The quantitative estimate of drug-likeness (QED) is 0.304. The summed E-state index contributed by atoms with van der Waals surface area (Å²) in [5.41, 5.74) is 6.28. The highest BCUT2D eigenvalue weighted by atomic mass is 15.3. The Bertz CT molecular complexity index is 1340. The van der Waals surface area contributed by atoms with E-state index in [1.807, 2.05) is 24.4 Å². The van der Waals surface area contributed by atoms with Gasteiger partial charge in [-0.25, -0.2) is 9.67 Å². The number of nitrogens with one attached hydrogen (secondary N) is 1. The monoisotopic (exact) mass is 463 g/mol. The molecular weight excluding hydrogens is 434 g/mol. The summed E-state index contributed by atoms with van der Waals surface area (Å²) in [4.78, 5) is 9.50. The van der Waals surface area contributed by atoms with Crippen LogP contribution in [0.3, 0.4) is 0 Å². The minimum Gasteiger partial charge on any atom is -0.258 e. The lowest BCUT2D eigenvalue weighted by atomic mass is 10.0. The van der Waals surface area contributed by atoms with Crippen LogP contribution in [0.1, 0.15) is 42.5 Å². The molecule has 176 valence electrons. The molecule has 0 unspecified atom stereocenters. The lowest BCUT2D eigenvalue weighted by Gasteiger charge is -2.09. The Hall–Kier alpha value is -4.13. The molecule has 3 aromatic heterocycles. The highest BCUT2D eigenvalue weighted by molar-refractivity contribution is 5.78. The number of pyridine rings is 1. The number of aromatic nitrogens is 7. The van der Waals surface area contributed by atoms with E-state index in [2.05, 4.69) is 80.5 Å². The van der Waals surface area contributed by atoms with E-state index in [4.69, 9.17) is 10.1 Å². The maximum atomic E-state index is 4.89. The molecule has 5 rings (SSSR count). The number of unbranched alkanes of at least 4 members (excludes halogenated alkanes) is 1. The van der Waals surface area contributed by atoms with E-state index < -0.39 is 0 Å². The van der Waals surface area contributed by atoms with Gasteiger partial charge in [-0.15, -0.1) is 5.10 Å². The maximum absolute atomic E-state index is 4.89. The normalized spacial score (nSPS) is 11.1. The number of H-pyrrole nitrogens is 1. The first-order valence-corrected chi connectivity index (χ1v) is 12.2. The Morgan fingerprint density at radius 1 is 0.857 bits per heavy atom. The van der Waals surface area contributed by atoms with E-state index in [9.17, 15) is 0 Å². The summed E-state index contributed by atoms with van der Waals surface area (Å²) in [7, 11) is 0. The third kappa shape index (κ3) is 5.51. The van der Waals surface area contributed by atoms with Crippen molar-refractivity contribution < 1.29 is 0 Å². The van der Waals surface area contributed by atoms with Gasteiger partial charge in [-0.05, 0) is 36.1 Å². The first-order valence-electron chi connectivity index (χ1n) is 12.2. The second kappa shape index (κ2) is 10.9. The molecule has 0 aliphatic rings. The lowest BCUT2D eigenvalue weighted by molar-refractivity contribution is 0.613. The molecule has 0 saturated carbocycles. The Balaban J connectivity index is 1.34. The summed E-state index contributed by atoms with van der Waals surface area (Å²) in [6.45, 7) is 2.91. The van der Waals surface area contributed by atoms with Gasteiger partial charge in [0.15, 0.2) is 5.82 Å². The Kier molecular flexibility index (Phi) is 7.03. The van der Waals surface area contributed by atoms with Gasteiger partial charge in [-0.3, -0.25) is 10.1 Å². The van der Waals surface area contributed by atoms with Gasteiger partial charge >= 0.3 is 0 Å². The van der Waals surface area contributed by atoms with Gasteiger partial charge in [0.25, 0.3) is 0 Å². The summed E-state index contributed by atoms with van der Waals surface area (Å²) < 4.78 is 2.08. The number of hydrogen-bond donors (Lipinski definition) is 1. The molecule has 2 aromatic carbocycles. The standard InChI is InChI=1S/C28H29N7/c1-2-3-11-27-31-26(17-14-21-8-5-4-6-9-21)33-35(27)20-22-12-15-23(16-13-22)28-24(10-7-18-29-28)25-19-30-34-32-25/h4-10,12-13,15-16,18-19H,2-3,11,14,17,20H2,1H3,(H,30,32,34). The largest absolute Gasteiger partial charge is 0.258 e. The molecule has 3 heterocycles. The van der Waals surface area contributed by atoms with Crippen molar-refractivity contribution in [3.8, 4) is 22.5 Å². The summed E-state index contributed by atoms with van der Waals surface area (Å²) in [5, 5.41) is 15.6. The number of aromatic amines is 1. The van der Waals surface area contributed by atoms with Crippen molar-refractivity contribution in [2.45, 2.75) is 45.6 Å². The summed E-state index contributed by atoms with van der Waals surface area (Å²) in [5.74, 6) is 1.99. The average molecular weight is 464 g/mol. The molecule has 0 amide bonds. The number of rotatable bonds is 10. The number of nitrogens with zero attached hydrogens (tertiary/aromatic N) is 6. The molecule has 0 aliphatic heterocycles. The number of aryl methyl sites for hydroxylation is 3. The van der Waals surface area contributed by atoms with E-state index in [1.165, 1.54) is 11.1 Å². The van der Waals surface area contributed by atoms with Crippen molar-refractivity contribution in [3.05, 3.63) is 102 Å². The highest BCUT2D eigenvalue weighted by Gasteiger charge is 2.13. The second-order valence-corrected chi connectivity index (χ2v) is 8.66. The molecule has 35 heavy (non-hydrogen) atoms. The van der Waals surface area contributed by atoms with Crippen LogP contribution in [0, 0.1) is 0 Å². The highest BCUT2D eigenvalue weighted by Crippen LogP contribution is 2.28. The first-order chi connectivity index (χ1) is 17.3. The topological polar surface area (TPSA) is 85.2 Å². The third-order valence-electron chi connectivity index (χ3n) is 6.10. The second-order valence-electron chi connectivity index (χ2n) is 8.66. The molecule has 0 fully saturated rings. The molecule has 1 N–H and O–H groups in total. The maximum Gasteiger partial charge on any atom is 0.151 e. The van der Waals surface area contributed by atoms with Crippen LogP contribution >= 0.6 is 0 Å². The number of benzene rings is 2. The van der Waals surface area contributed by atoms with E-state index in [-0.39, 0.29) is 0 Å². The van der Waals surface area contributed by atoms with E-state index in [0.29, 0.717) is 6.54 Å². The molecule has 7 heteroatoms. The number of hydrogen-bond acceptors (Lipinski definition) is 5. The summed E-state index contributed by atoms with van der Waals surface area (Å²) in [6.07, 6.45) is 8.52. The van der Waals surface area contributed by atoms with E-state index >= 15 is 0 Å². The molecule has 0 saturated heterocycles. The summed E-state index contributed by atoms with van der Waals surface area (Å²) >= 11 is 0. The SMILES string of the molecule is CCCCc1nc(CCc2ccccc2)nn1Cc1ccc(-c2ncccc2-c2cnn[nH]2)cc1. The van der Waals surface area contributed by atoms with Crippen LogP contribution in [0.25, 0.3) is 22.5 Å². The summed E-state index contributed by atoms with van der Waals surface area (Å²) in [6, 6.07) is 23.0. The molecule has 0 bridgehead atoms. The smallest absolute Gasteiger partial charge is 0.151 e. The Morgan fingerprint density at radius 3 is 2.49 bits per heavy atom. The van der Waals surface area contributed by atoms with Gasteiger partial charge in [0.1, 0.15) is 5.82 Å². The van der Waals surface area contributed by atoms with Gasteiger partial charge < -0.3 is 0 Å². The Morgan fingerprint density at radius 2 is 1.71 bits per heavy atom. The van der Waals surface area contributed by atoms with Gasteiger partial charge in [0, 0.05) is 30.2 Å². The van der Waals surface area contributed by atoms with Crippen LogP contribution in [0.4, 0.5) is 0 Å². The van der Waals surface area contributed by atoms with Crippen molar-refractivity contribution in [1.82, 2.24) is 35.2 Å². The zero-order chi connectivity index (χ0) is 23.9. The molecule has 0 atom stereocenters. The van der Waals surface area contributed by atoms with Crippen molar-refractivity contribution in [3.63, 3.8) is 0 Å². The van der Waals surface area contributed by atoms with Crippen LogP contribution in [-0.4, -0.2) is 35.2 Å². The fourth-order valence-corrected chi connectivity index (χ4v) is 4.20. The zero-order valence-electron chi connectivity index (χ0n) is 19.9. The van der Waals surface area contributed by atoms with E-state index in [0.717, 1.165) is 66.3 Å². The van der Waals surface area contributed by atoms with Crippen LogP contribution in [0.15, 0.2) is 79.1 Å². The fourth-order valence-electron chi connectivity index (χ4n) is 4.20. The average Bonchev–Trinajstić information content (AvgIpc) is 3.58. The lowest BCUT2D eigenvalue weighted by Crippen LogP contribution is -2.07. The van der Waals surface area contributed by atoms with Crippen LogP contribution in [0.2, 0.25) is 0 Å². The van der Waals surface area contributed by atoms with Crippen LogP contribution in [-0.2, 0) is 25.8 Å². The van der Waals surface area contributed by atoms with Gasteiger partial charge in [-0.1, -0.05) is 73.2 Å². The van der Waals surface area contributed by atoms with Gasteiger partial charge in [0.05, 0.1) is 24.1 Å². The fraction of sp³-hybridized carbons (Fsp3) is 0.250. The van der Waals surface area contributed by atoms with Gasteiger partial charge in [-0.2, -0.15) is 5.10 Å². The molecule has 0 spiro atoms. The minimum atomic E-state index is 0.706. The molecule has 5 aromatic rings. The zero-order valence-corrected chi connectivity index (χ0v) is 19.9. The van der Waals surface area contributed by atoms with Gasteiger partial charge in [0.2, 0.25) is 0 Å². The molecule has 7 nitrogen and oxygen atoms in total. The predicted molar refractivity (Wildman–Crippen MR) is 137 cm³/mol. The third-order valence-corrected chi connectivity index (χ3v) is 6.10. The van der Waals surface area contributed by atoms with Crippen molar-refractivity contribution in [2.75, 3.05) is 0 Å². The van der Waals surface area contributed by atoms with Crippen molar-refractivity contribution >= 4 is 0 Å². The van der Waals surface area contributed by atoms with Crippen LogP contribution in [0.5, 0.6) is 0 Å². The molecular formula is C28H29N7. The van der Waals surface area contributed by atoms with Crippen molar-refractivity contribution in [1.29, 1.82) is 0 Å².